The Morgan fingerprint density at radius 2 is 2.09 bits per heavy atom. The van der Waals surface area contributed by atoms with Gasteiger partial charge in [0.25, 0.3) is 5.91 Å². The monoisotopic (exact) mass is 316 g/mol. The third-order valence-corrected chi connectivity index (χ3v) is 2.99. The van der Waals surface area contributed by atoms with Gasteiger partial charge in [-0.25, -0.2) is 4.68 Å². The van der Waals surface area contributed by atoms with Gasteiger partial charge in [0.2, 0.25) is 0 Å². The van der Waals surface area contributed by atoms with Gasteiger partial charge in [0.05, 0.1) is 11.9 Å². The Morgan fingerprint density at radius 3 is 2.77 bits per heavy atom. The largest absolute Gasteiger partial charge is 0.383 e. The van der Waals surface area contributed by atoms with Crippen LogP contribution in [0.25, 0.3) is 5.69 Å². The van der Waals surface area contributed by atoms with E-state index in [1.165, 1.54) is 10.9 Å². The van der Waals surface area contributed by atoms with E-state index >= 15 is 0 Å². The number of nitrogens with one attached hydrogen (secondary N) is 3. The molecule has 0 saturated carbocycles. The Labute approximate surface area is 133 Å². The van der Waals surface area contributed by atoms with Crippen LogP contribution in [0.15, 0.2) is 49.2 Å². The molecule has 7 nitrogen and oxygen atoms in total. The molecule has 0 aliphatic rings. The molecule has 1 amide bonds. The van der Waals surface area contributed by atoms with Crippen molar-refractivity contribution in [2.45, 2.75) is 0 Å². The van der Waals surface area contributed by atoms with Crippen LogP contribution < -0.4 is 21.9 Å². The van der Waals surface area contributed by atoms with Gasteiger partial charge >= 0.3 is 0 Å². The number of nitrogens with two attached hydrogens (primary N) is 1. The number of aromatic nitrogens is 2. The number of hydrogen-bond acceptors (Lipinski definition) is 4. The number of benzene rings is 1. The minimum absolute atomic E-state index is 0.246. The molecule has 2 aromatic rings. The molecule has 0 bridgehead atoms. The van der Waals surface area contributed by atoms with Crippen LogP contribution in [0.4, 0.5) is 5.82 Å². The van der Waals surface area contributed by atoms with E-state index in [0.717, 1.165) is 5.69 Å². The average molecular weight is 316 g/mol. The number of nitrogen functional groups attached to an aromatic ring is 1. The molecule has 0 unspecified atom stereocenters. The van der Waals surface area contributed by atoms with E-state index in [0.29, 0.717) is 6.54 Å². The maximum absolute atomic E-state index is 12.1. The number of para-hydroxylation sites is 1. The van der Waals surface area contributed by atoms with Crippen molar-refractivity contribution < 1.29 is 4.79 Å². The maximum Gasteiger partial charge on any atom is 0.275 e. The third kappa shape index (κ3) is 3.61. The second-order valence-electron chi connectivity index (χ2n) is 4.27. The number of carbonyl (C=O) groups excluding carboxylic acids is 1. The smallest absolute Gasteiger partial charge is 0.275 e. The number of rotatable bonds is 4. The predicted octanol–water partition coefficient (Wildman–Crippen LogP) is 0.749. The molecule has 2 rings (SSSR count). The summed E-state index contributed by atoms with van der Waals surface area (Å²) >= 11 is 4.97. The molecule has 0 spiro atoms. The second-order valence-corrected chi connectivity index (χ2v) is 4.68. The lowest BCUT2D eigenvalue weighted by atomic mass is 10.3. The molecule has 1 aromatic carbocycles. The summed E-state index contributed by atoms with van der Waals surface area (Å²) in [7, 11) is 0. The molecule has 1 heterocycles. The molecule has 0 saturated heterocycles. The van der Waals surface area contributed by atoms with Crippen molar-refractivity contribution in [2.24, 2.45) is 0 Å². The summed E-state index contributed by atoms with van der Waals surface area (Å²) in [6, 6.07) is 9.30. The Hall–Kier alpha value is -2.87. The average Bonchev–Trinajstić information content (AvgIpc) is 2.93. The van der Waals surface area contributed by atoms with Gasteiger partial charge in [-0.3, -0.25) is 15.6 Å². The highest BCUT2D eigenvalue weighted by molar-refractivity contribution is 7.80. The highest BCUT2D eigenvalue weighted by Crippen LogP contribution is 2.16. The third-order valence-electron chi connectivity index (χ3n) is 2.75. The van der Waals surface area contributed by atoms with Crippen LogP contribution >= 0.6 is 12.2 Å². The first-order chi connectivity index (χ1) is 10.6. The first-order valence-electron chi connectivity index (χ1n) is 6.47. The summed E-state index contributed by atoms with van der Waals surface area (Å²) in [5, 5.41) is 7.23. The van der Waals surface area contributed by atoms with Gasteiger partial charge < -0.3 is 11.1 Å². The molecule has 114 valence electrons. The highest BCUT2D eigenvalue weighted by atomic mass is 32.1. The minimum Gasteiger partial charge on any atom is -0.383 e. The number of amides is 1. The number of thiocarbonyl (C=S) groups is 1. The molecule has 5 N–H and O–H groups in total. The van der Waals surface area contributed by atoms with Gasteiger partial charge in [-0.15, -0.1) is 6.58 Å². The van der Waals surface area contributed by atoms with Crippen LogP contribution in [0.3, 0.4) is 0 Å². The summed E-state index contributed by atoms with van der Waals surface area (Å²) in [6.45, 7) is 4.05. The SMILES string of the molecule is C=CCNC(=S)NNC(=O)c1cnn(-c2ccccc2)c1N. The van der Waals surface area contributed by atoms with Crippen LogP contribution in [0.2, 0.25) is 0 Å². The van der Waals surface area contributed by atoms with Gasteiger partial charge in [0.1, 0.15) is 11.4 Å². The van der Waals surface area contributed by atoms with E-state index in [1.54, 1.807) is 6.08 Å². The van der Waals surface area contributed by atoms with Crippen LogP contribution in [0, 0.1) is 0 Å². The standard InChI is InChI=1S/C14H16N6OS/c1-2-8-16-14(22)19-18-13(21)11-9-17-20(12(11)15)10-6-4-3-5-7-10/h2-7,9H,1,8,15H2,(H,18,21)(H2,16,19,22). The van der Waals surface area contributed by atoms with Crippen molar-refractivity contribution in [3.05, 3.63) is 54.7 Å². The minimum atomic E-state index is -0.428. The van der Waals surface area contributed by atoms with Crippen molar-refractivity contribution in [1.82, 2.24) is 25.9 Å². The molecule has 0 atom stereocenters. The van der Waals surface area contributed by atoms with Crippen molar-refractivity contribution >= 4 is 29.1 Å². The van der Waals surface area contributed by atoms with Crippen molar-refractivity contribution in [3.63, 3.8) is 0 Å². The topological polar surface area (TPSA) is 97.0 Å². The lowest BCUT2D eigenvalue weighted by Crippen LogP contribution is -2.46. The first-order valence-corrected chi connectivity index (χ1v) is 6.88. The van der Waals surface area contributed by atoms with E-state index in [4.69, 9.17) is 18.0 Å². The summed E-state index contributed by atoms with van der Waals surface area (Å²) in [4.78, 5) is 12.1. The van der Waals surface area contributed by atoms with E-state index in [-0.39, 0.29) is 16.5 Å². The van der Waals surface area contributed by atoms with Gasteiger partial charge in [-0.2, -0.15) is 5.10 Å². The molecule has 0 aliphatic carbocycles. The van der Waals surface area contributed by atoms with E-state index in [2.05, 4.69) is 27.8 Å². The normalized spacial score (nSPS) is 9.82. The van der Waals surface area contributed by atoms with Crippen molar-refractivity contribution in [2.75, 3.05) is 12.3 Å². The zero-order chi connectivity index (χ0) is 15.9. The van der Waals surface area contributed by atoms with E-state index in [1.807, 2.05) is 30.3 Å². The number of anilines is 1. The number of hydrazine groups is 1. The summed E-state index contributed by atoms with van der Waals surface area (Å²) in [5.41, 5.74) is 12.0. The van der Waals surface area contributed by atoms with Gasteiger partial charge in [-0.1, -0.05) is 24.3 Å². The quantitative estimate of drug-likeness (QED) is 0.378. The Kier molecular flexibility index (Phi) is 5.10. The fourth-order valence-corrected chi connectivity index (χ4v) is 1.83. The summed E-state index contributed by atoms with van der Waals surface area (Å²) in [6.07, 6.45) is 3.05. The van der Waals surface area contributed by atoms with Gasteiger partial charge in [0.15, 0.2) is 5.11 Å². The van der Waals surface area contributed by atoms with E-state index in [9.17, 15) is 4.79 Å². The lowest BCUT2D eigenvalue weighted by molar-refractivity contribution is 0.0944. The van der Waals surface area contributed by atoms with Crippen LogP contribution in [0.1, 0.15) is 10.4 Å². The number of hydrogen-bond donors (Lipinski definition) is 4. The van der Waals surface area contributed by atoms with E-state index < -0.39 is 5.91 Å². The maximum atomic E-state index is 12.1. The highest BCUT2D eigenvalue weighted by Gasteiger charge is 2.15. The van der Waals surface area contributed by atoms with Crippen LogP contribution in [-0.4, -0.2) is 27.3 Å². The molecule has 22 heavy (non-hydrogen) atoms. The van der Waals surface area contributed by atoms with Crippen molar-refractivity contribution in [1.29, 1.82) is 0 Å². The first kappa shape index (κ1) is 15.5. The molecular weight excluding hydrogens is 300 g/mol. The molecule has 0 fully saturated rings. The van der Waals surface area contributed by atoms with Crippen LogP contribution in [0.5, 0.6) is 0 Å². The lowest BCUT2D eigenvalue weighted by Gasteiger charge is -2.10. The molecule has 0 aliphatic heterocycles. The van der Waals surface area contributed by atoms with Crippen LogP contribution in [-0.2, 0) is 0 Å². The fourth-order valence-electron chi connectivity index (χ4n) is 1.70. The molecule has 8 heteroatoms. The number of nitrogens with zero attached hydrogens (tertiary/aromatic N) is 2. The fraction of sp³-hybridized carbons (Fsp3) is 0.0714. The molecule has 0 radical (unpaired) electrons. The molecular formula is C14H16N6OS. The summed E-state index contributed by atoms with van der Waals surface area (Å²) in [5.74, 6) is -0.182. The Bertz CT molecular complexity index is 682. The zero-order valence-electron chi connectivity index (χ0n) is 11.7. The second kappa shape index (κ2) is 7.23. The number of carbonyl (C=O) groups is 1. The Morgan fingerprint density at radius 1 is 1.36 bits per heavy atom. The molecule has 1 aromatic heterocycles. The van der Waals surface area contributed by atoms with Crippen molar-refractivity contribution in [3.8, 4) is 5.69 Å². The van der Waals surface area contributed by atoms with Gasteiger partial charge in [0, 0.05) is 6.54 Å². The Balaban J connectivity index is 2.04. The van der Waals surface area contributed by atoms with Gasteiger partial charge in [-0.05, 0) is 24.4 Å². The summed E-state index contributed by atoms with van der Waals surface area (Å²) < 4.78 is 1.49. The predicted molar refractivity (Wildman–Crippen MR) is 89.4 cm³/mol. The zero-order valence-corrected chi connectivity index (χ0v) is 12.6.